The van der Waals surface area contributed by atoms with Crippen molar-refractivity contribution in [1.82, 2.24) is 15.5 Å². The molecule has 6 heteroatoms. The van der Waals surface area contributed by atoms with Crippen molar-refractivity contribution in [2.45, 2.75) is 51.7 Å². The van der Waals surface area contributed by atoms with Crippen LogP contribution in [0, 0.1) is 0 Å². The molecule has 168 valence electrons. The number of hydrogen-bond donors (Lipinski definition) is 2. The molecule has 6 nitrogen and oxygen atoms in total. The van der Waals surface area contributed by atoms with Gasteiger partial charge in [-0.25, -0.2) is 4.79 Å². The van der Waals surface area contributed by atoms with Crippen molar-refractivity contribution in [3.05, 3.63) is 59.2 Å². The van der Waals surface area contributed by atoms with Gasteiger partial charge >= 0.3 is 6.03 Å². The number of carbonyl (C=O) groups excluding carboxylic acids is 1. The number of amides is 2. The van der Waals surface area contributed by atoms with Crippen LogP contribution >= 0.6 is 0 Å². The average Bonchev–Trinajstić information content (AvgIpc) is 2.81. The zero-order valence-electron chi connectivity index (χ0n) is 19.1. The molecular formula is C25H35N3O3. The molecule has 0 spiro atoms. The van der Waals surface area contributed by atoms with E-state index in [1.54, 1.807) is 14.2 Å². The fourth-order valence-corrected chi connectivity index (χ4v) is 4.36. The average molecular weight is 426 g/mol. The van der Waals surface area contributed by atoms with Crippen LogP contribution in [0.5, 0.6) is 11.5 Å². The number of benzene rings is 2. The molecule has 0 aromatic heterocycles. The molecule has 0 radical (unpaired) electrons. The molecule has 2 aromatic carbocycles. The van der Waals surface area contributed by atoms with E-state index in [1.807, 2.05) is 6.07 Å². The molecular weight excluding hydrogens is 390 g/mol. The summed E-state index contributed by atoms with van der Waals surface area (Å²) in [6.07, 6.45) is 2.66. The van der Waals surface area contributed by atoms with E-state index in [4.69, 9.17) is 9.47 Å². The van der Waals surface area contributed by atoms with Gasteiger partial charge in [0.05, 0.1) is 26.3 Å². The quantitative estimate of drug-likeness (QED) is 0.629. The van der Waals surface area contributed by atoms with E-state index in [2.05, 4.69) is 65.8 Å². The Balaban J connectivity index is 1.97. The van der Waals surface area contributed by atoms with Crippen LogP contribution in [0.15, 0.2) is 42.5 Å². The maximum absolute atomic E-state index is 12.5. The normalized spacial score (nSPS) is 16.8. The minimum Gasteiger partial charge on any atom is -0.493 e. The third-order valence-electron chi connectivity index (χ3n) is 5.93. The van der Waals surface area contributed by atoms with Crippen LogP contribution < -0.4 is 20.1 Å². The Morgan fingerprint density at radius 3 is 2.48 bits per heavy atom. The van der Waals surface area contributed by atoms with E-state index in [1.165, 1.54) is 16.7 Å². The van der Waals surface area contributed by atoms with E-state index in [0.29, 0.717) is 6.54 Å². The fraction of sp³-hybridized carbons (Fsp3) is 0.480. The third-order valence-corrected chi connectivity index (χ3v) is 5.93. The molecule has 0 aliphatic carbocycles. The van der Waals surface area contributed by atoms with Crippen LogP contribution in [0.2, 0.25) is 0 Å². The summed E-state index contributed by atoms with van der Waals surface area (Å²) in [6, 6.07) is 14.6. The SMILES string of the molecule is CCCNC(=O)NC(CC)C1c2cc(OC)c(OC)cc2CCN1Cc1ccccc1. The second-order valence-electron chi connectivity index (χ2n) is 7.97. The molecule has 0 saturated heterocycles. The number of nitrogens with zero attached hydrogens (tertiary/aromatic N) is 1. The maximum Gasteiger partial charge on any atom is 0.315 e. The van der Waals surface area contributed by atoms with Crippen molar-refractivity contribution in [3.63, 3.8) is 0 Å². The van der Waals surface area contributed by atoms with Gasteiger partial charge in [0, 0.05) is 19.6 Å². The summed E-state index contributed by atoms with van der Waals surface area (Å²) in [6.45, 7) is 6.59. The Kier molecular flexibility index (Phi) is 8.18. The minimum absolute atomic E-state index is 0.0299. The van der Waals surface area contributed by atoms with E-state index < -0.39 is 0 Å². The first-order valence-corrected chi connectivity index (χ1v) is 11.2. The van der Waals surface area contributed by atoms with Crippen LogP contribution in [-0.4, -0.2) is 44.3 Å². The van der Waals surface area contributed by atoms with Gasteiger partial charge < -0.3 is 20.1 Å². The zero-order valence-corrected chi connectivity index (χ0v) is 19.1. The summed E-state index contributed by atoms with van der Waals surface area (Å²) < 4.78 is 11.1. The Labute approximate surface area is 185 Å². The van der Waals surface area contributed by atoms with Gasteiger partial charge in [-0.05, 0) is 48.1 Å². The van der Waals surface area contributed by atoms with Crippen LogP contribution in [0.1, 0.15) is 49.4 Å². The van der Waals surface area contributed by atoms with Gasteiger partial charge in [0.25, 0.3) is 0 Å². The zero-order chi connectivity index (χ0) is 22.2. The van der Waals surface area contributed by atoms with E-state index >= 15 is 0 Å². The minimum atomic E-state index is -0.110. The Bertz CT molecular complexity index is 857. The lowest BCUT2D eigenvalue weighted by Crippen LogP contribution is -2.51. The summed E-state index contributed by atoms with van der Waals surface area (Å²) in [5.74, 6) is 1.47. The monoisotopic (exact) mass is 425 g/mol. The first-order valence-electron chi connectivity index (χ1n) is 11.2. The largest absolute Gasteiger partial charge is 0.493 e. The maximum atomic E-state index is 12.5. The molecule has 31 heavy (non-hydrogen) atoms. The van der Waals surface area contributed by atoms with Gasteiger partial charge in [0.1, 0.15) is 0 Å². The van der Waals surface area contributed by atoms with Crippen LogP contribution in [0.4, 0.5) is 4.79 Å². The number of hydrogen-bond acceptors (Lipinski definition) is 4. The standard InChI is InChI=1S/C25H35N3O3/c1-5-13-26-25(29)27-21(6-2)24-20-16-23(31-4)22(30-3)15-19(20)12-14-28(24)17-18-10-8-7-9-11-18/h7-11,15-16,21,24H,5-6,12-14,17H2,1-4H3,(H2,26,27,29). The second kappa shape index (κ2) is 11.0. The topological polar surface area (TPSA) is 62.8 Å². The van der Waals surface area contributed by atoms with Crippen molar-refractivity contribution in [2.24, 2.45) is 0 Å². The molecule has 1 aliphatic rings. The van der Waals surface area contributed by atoms with Crippen molar-refractivity contribution in [3.8, 4) is 11.5 Å². The highest BCUT2D eigenvalue weighted by molar-refractivity contribution is 5.74. The highest BCUT2D eigenvalue weighted by atomic mass is 16.5. The first kappa shape index (κ1) is 22.9. The second-order valence-corrected chi connectivity index (χ2v) is 7.97. The van der Waals surface area contributed by atoms with Gasteiger partial charge in [-0.3, -0.25) is 4.90 Å². The van der Waals surface area contributed by atoms with Crippen LogP contribution in [-0.2, 0) is 13.0 Å². The van der Waals surface area contributed by atoms with Gasteiger partial charge in [-0.2, -0.15) is 0 Å². The molecule has 1 aliphatic heterocycles. The summed E-state index contributed by atoms with van der Waals surface area (Å²) in [7, 11) is 3.33. The van der Waals surface area contributed by atoms with Gasteiger partial charge in [-0.15, -0.1) is 0 Å². The number of fused-ring (bicyclic) bond motifs is 1. The lowest BCUT2D eigenvalue weighted by atomic mass is 9.86. The Hall–Kier alpha value is -2.73. The van der Waals surface area contributed by atoms with E-state index in [-0.39, 0.29) is 18.1 Å². The summed E-state index contributed by atoms with van der Waals surface area (Å²) >= 11 is 0. The van der Waals surface area contributed by atoms with Crippen molar-refractivity contribution < 1.29 is 14.3 Å². The van der Waals surface area contributed by atoms with Crippen LogP contribution in [0.25, 0.3) is 0 Å². The molecule has 2 atom stereocenters. The molecule has 2 aromatic rings. The summed E-state index contributed by atoms with van der Waals surface area (Å²) in [5.41, 5.74) is 3.71. The predicted molar refractivity (Wildman–Crippen MR) is 124 cm³/mol. The fourth-order valence-electron chi connectivity index (χ4n) is 4.36. The van der Waals surface area contributed by atoms with E-state index in [0.717, 1.165) is 43.9 Å². The Morgan fingerprint density at radius 1 is 1.13 bits per heavy atom. The highest BCUT2D eigenvalue weighted by Gasteiger charge is 2.35. The van der Waals surface area contributed by atoms with Gasteiger partial charge in [0.2, 0.25) is 0 Å². The number of nitrogens with one attached hydrogen (secondary N) is 2. The smallest absolute Gasteiger partial charge is 0.315 e. The van der Waals surface area contributed by atoms with Crippen molar-refractivity contribution in [1.29, 1.82) is 0 Å². The lowest BCUT2D eigenvalue weighted by molar-refractivity contribution is 0.135. The highest BCUT2D eigenvalue weighted by Crippen LogP contribution is 2.40. The Morgan fingerprint density at radius 2 is 1.84 bits per heavy atom. The molecule has 2 unspecified atom stereocenters. The summed E-state index contributed by atoms with van der Waals surface area (Å²) in [4.78, 5) is 15.0. The molecule has 3 rings (SSSR count). The molecule has 0 fully saturated rings. The van der Waals surface area contributed by atoms with Gasteiger partial charge in [-0.1, -0.05) is 44.2 Å². The molecule has 2 amide bonds. The number of rotatable bonds is 9. The molecule has 0 saturated carbocycles. The molecule has 0 bridgehead atoms. The molecule has 2 N–H and O–H groups in total. The van der Waals surface area contributed by atoms with Crippen molar-refractivity contribution in [2.75, 3.05) is 27.3 Å². The van der Waals surface area contributed by atoms with Crippen molar-refractivity contribution >= 4 is 6.03 Å². The number of carbonyl (C=O) groups is 1. The first-order chi connectivity index (χ1) is 15.1. The van der Waals surface area contributed by atoms with Gasteiger partial charge in [0.15, 0.2) is 11.5 Å². The lowest BCUT2D eigenvalue weighted by Gasteiger charge is -2.42. The predicted octanol–water partition coefficient (Wildman–Crippen LogP) is 4.29. The number of methoxy groups -OCH3 is 2. The molecule has 1 heterocycles. The van der Waals surface area contributed by atoms with E-state index in [9.17, 15) is 4.79 Å². The van der Waals surface area contributed by atoms with Crippen LogP contribution in [0.3, 0.4) is 0 Å². The third kappa shape index (κ3) is 5.50. The number of ether oxygens (including phenoxy) is 2. The summed E-state index contributed by atoms with van der Waals surface area (Å²) in [5, 5.41) is 6.18. The number of urea groups is 1.